The van der Waals surface area contributed by atoms with Gasteiger partial charge in [0.15, 0.2) is 0 Å². The van der Waals surface area contributed by atoms with Gasteiger partial charge in [-0.05, 0) is 61.5 Å². The average Bonchev–Trinajstić information content (AvgIpc) is 2.75. The second kappa shape index (κ2) is 9.75. The van der Waals surface area contributed by atoms with Crippen LogP contribution in [0.25, 0.3) is 0 Å². The van der Waals surface area contributed by atoms with E-state index in [1.165, 1.54) is 0 Å². The molecule has 6 heteroatoms. The van der Waals surface area contributed by atoms with Gasteiger partial charge in [0.05, 0.1) is 6.54 Å². The van der Waals surface area contributed by atoms with Gasteiger partial charge in [0.25, 0.3) is 5.91 Å². The summed E-state index contributed by atoms with van der Waals surface area (Å²) < 4.78 is 0. The second-order valence-corrected chi connectivity index (χ2v) is 6.81. The Morgan fingerprint density at radius 1 is 0.897 bits per heavy atom. The highest BCUT2D eigenvalue weighted by molar-refractivity contribution is 6.30. The van der Waals surface area contributed by atoms with Crippen LogP contribution in [0.15, 0.2) is 78.9 Å². The molecule has 0 saturated carbocycles. The Bertz CT molecular complexity index is 975. The van der Waals surface area contributed by atoms with Crippen molar-refractivity contribution in [1.29, 1.82) is 0 Å². The monoisotopic (exact) mass is 407 g/mol. The van der Waals surface area contributed by atoms with Gasteiger partial charge in [-0.2, -0.15) is 0 Å². The molecule has 0 atom stereocenters. The van der Waals surface area contributed by atoms with E-state index in [9.17, 15) is 9.59 Å². The van der Waals surface area contributed by atoms with Crippen molar-refractivity contribution in [2.24, 2.45) is 0 Å². The van der Waals surface area contributed by atoms with Crippen molar-refractivity contribution < 1.29 is 9.59 Å². The zero-order valence-corrected chi connectivity index (χ0v) is 16.8. The summed E-state index contributed by atoms with van der Waals surface area (Å²) in [6.45, 7) is 2.58. The molecule has 0 saturated heterocycles. The summed E-state index contributed by atoms with van der Waals surface area (Å²) in [6, 6.07) is 23.6. The molecule has 148 valence electrons. The molecule has 2 amide bonds. The SMILES string of the molecule is CCN(C(=O)c1cccc(NCC(=O)Nc2ccc(Cl)cc2)c1)c1ccccc1. The van der Waals surface area contributed by atoms with Gasteiger partial charge < -0.3 is 15.5 Å². The Kier molecular flexibility index (Phi) is 6.87. The van der Waals surface area contributed by atoms with Crippen LogP contribution in [0.3, 0.4) is 0 Å². The fourth-order valence-electron chi connectivity index (χ4n) is 2.89. The van der Waals surface area contributed by atoms with Crippen molar-refractivity contribution in [3.8, 4) is 0 Å². The standard InChI is InChI=1S/C23H22ClN3O2/c1-2-27(21-9-4-3-5-10-21)23(29)17-7-6-8-20(15-17)25-16-22(28)26-19-13-11-18(24)12-14-19/h3-15,25H,2,16H2,1H3,(H,26,28). The van der Waals surface area contributed by atoms with Crippen molar-refractivity contribution in [1.82, 2.24) is 0 Å². The third kappa shape index (κ3) is 5.59. The normalized spacial score (nSPS) is 10.3. The number of hydrogen-bond donors (Lipinski definition) is 2. The van der Waals surface area contributed by atoms with E-state index in [1.54, 1.807) is 47.4 Å². The van der Waals surface area contributed by atoms with Gasteiger partial charge in [-0.15, -0.1) is 0 Å². The fraction of sp³-hybridized carbons (Fsp3) is 0.130. The molecule has 5 nitrogen and oxygen atoms in total. The number of rotatable bonds is 7. The number of para-hydroxylation sites is 1. The predicted molar refractivity (Wildman–Crippen MR) is 119 cm³/mol. The molecule has 2 N–H and O–H groups in total. The van der Waals surface area contributed by atoms with E-state index < -0.39 is 0 Å². The molecule has 3 aromatic carbocycles. The minimum Gasteiger partial charge on any atom is -0.376 e. The maximum atomic E-state index is 12.9. The average molecular weight is 408 g/mol. The Morgan fingerprint density at radius 2 is 1.62 bits per heavy atom. The maximum absolute atomic E-state index is 12.9. The number of hydrogen-bond acceptors (Lipinski definition) is 3. The summed E-state index contributed by atoms with van der Waals surface area (Å²) in [7, 11) is 0. The number of benzene rings is 3. The molecule has 0 spiro atoms. The largest absolute Gasteiger partial charge is 0.376 e. The lowest BCUT2D eigenvalue weighted by molar-refractivity contribution is -0.114. The van der Waals surface area contributed by atoms with Crippen LogP contribution < -0.4 is 15.5 Å². The summed E-state index contributed by atoms with van der Waals surface area (Å²) >= 11 is 5.85. The first-order valence-corrected chi connectivity index (χ1v) is 9.71. The quantitative estimate of drug-likeness (QED) is 0.575. The highest BCUT2D eigenvalue weighted by atomic mass is 35.5. The molecule has 3 aromatic rings. The highest BCUT2D eigenvalue weighted by Crippen LogP contribution is 2.19. The first-order valence-electron chi connectivity index (χ1n) is 9.33. The highest BCUT2D eigenvalue weighted by Gasteiger charge is 2.16. The van der Waals surface area contributed by atoms with Crippen LogP contribution in [0.1, 0.15) is 17.3 Å². The maximum Gasteiger partial charge on any atom is 0.258 e. The van der Waals surface area contributed by atoms with E-state index in [-0.39, 0.29) is 18.4 Å². The van der Waals surface area contributed by atoms with Crippen molar-refractivity contribution in [3.05, 3.63) is 89.4 Å². The van der Waals surface area contributed by atoms with Gasteiger partial charge >= 0.3 is 0 Å². The van der Waals surface area contributed by atoms with Crippen LogP contribution >= 0.6 is 11.6 Å². The molecule has 0 aliphatic rings. The smallest absolute Gasteiger partial charge is 0.258 e. The minimum absolute atomic E-state index is 0.0798. The zero-order chi connectivity index (χ0) is 20.6. The summed E-state index contributed by atoms with van der Waals surface area (Å²) in [5.74, 6) is -0.281. The predicted octanol–water partition coefficient (Wildman–Crippen LogP) is 5.06. The van der Waals surface area contributed by atoms with Crippen LogP contribution in [0.2, 0.25) is 5.02 Å². The Labute approximate surface area is 175 Å². The lowest BCUT2D eigenvalue weighted by Gasteiger charge is -2.21. The summed E-state index contributed by atoms with van der Waals surface area (Å²) in [5.41, 5.74) is 2.78. The van der Waals surface area contributed by atoms with Gasteiger partial charge in [0.2, 0.25) is 5.91 Å². The number of nitrogens with zero attached hydrogens (tertiary/aromatic N) is 1. The van der Waals surface area contributed by atoms with Crippen molar-refractivity contribution in [3.63, 3.8) is 0 Å². The second-order valence-electron chi connectivity index (χ2n) is 6.37. The van der Waals surface area contributed by atoms with Crippen LogP contribution in [0, 0.1) is 0 Å². The van der Waals surface area contributed by atoms with Crippen LogP contribution in [0.5, 0.6) is 0 Å². The summed E-state index contributed by atoms with van der Waals surface area (Å²) in [6.07, 6.45) is 0. The van der Waals surface area contributed by atoms with Gasteiger partial charge in [0, 0.05) is 34.2 Å². The lowest BCUT2D eigenvalue weighted by Crippen LogP contribution is -2.30. The Balaban J connectivity index is 1.63. The molecular weight excluding hydrogens is 386 g/mol. The molecule has 29 heavy (non-hydrogen) atoms. The van der Waals surface area contributed by atoms with Crippen LogP contribution in [-0.4, -0.2) is 24.9 Å². The number of carbonyl (C=O) groups excluding carboxylic acids is 2. The summed E-state index contributed by atoms with van der Waals surface area (Å²) in [5, 5.41) is 6.46. The molecular formula is C23H22ClN3O2. The van der Waals surface area contributed by atoms with Crippen LogP contribution in [-0.2, 0) is 4.79 Å². The van der Waals surface area contributed by atoms with E-state index >= 15 is 0 Å². The van der Waals surface area contributed by atoms with E-state index in [0.29, 0.717) is 28.5 Å². The van der Waals surface area contributed by atoms with Gasteiger partial charge in [0.1, 0.15) is 0 Å². The lowest BCUT2D eigenvalue weighted by atomic mass is 10.1. The topological polar surface area (TPSA) is 61.4 Å². The van der Waals surface area contributed by atoms with Gasteiger partial charge in [-0.25, -0.2) is 0 Å². The first-order chi connectivity index (χ1) is 14.1. The van der Waals surface area contributed by atoms with Crippen LogP contribution in [0.4, 0.5) is 17.1 Å². The molecule has 0 radical (unpaired) electrons. The number of halogens is 1. The molecule has 0 bridgehead atoms. The van der Waals surface area contributed by atoms with Gasteiger partial charge in [-0.1, -0.05) is 35.9 Å². The third-order valence-corrected chi connectivity index (χ3v) is 4.57. The van der Waals surface area contributed by atoms with E-state index in [1.807, 2.05) is 43.3 Å². The van der Waals surface area contributed by atoms with E-state index in [2.05, 4.69) is 10.6 Å². The fourth-order valence-corrected chi connectivity index (χ4v) is 3.02. The molecule has 0 unspecified atom stereocenters. The Hall–Kier alpha value is -3.31. The van der Waals surface area contributed by atoms with Crippen molar-refractivity contribution >= 4 is 40.5 Å². The molecule has 0 fully saturated rings. The summed E-state index contributed by atoms with van der Waals surface area (Å²) in [4.78, 5) is 26.8. The molecule has 0 aliphatic carbocycles. The number of carbonyl (C=O) groups is 2. The number of amides is 2. The third-order valence-electron chi connectivity index (χ3n) is 4.32. The van der Waals surface area contributed by atoms with Crippen molar-refractivity contribution in [2.45, 2.75) is 6.92 Å². The molecule has 0 aliphatic heterocycles. The number of nitrogens with one attached hydrogen (secondary N) is 2. The van der Waals surface area contributed by atoms with Crippen molar-refractivity contribution in [2.75, 3.05) is 28.6 Å². The molecule has 3 rings (SSSR count). The molecule has 0 heterocycles. The number of anilines is 3. The van der Waals surface area contributed by atoms with Gasteiger partial charge in [-0.3, -0.25) is 9.59 Å². The van der Waals surface area contributed by atoms with E-state index in [0.717, 1.165) is 5.69 Å². The minimum atomic E-state index is -0.191. The van der Waals surface area contributed by atoms with E-state index in [4.69, 9.17) is 11.6 Å². The Morgan fingerprint density at radius 3 is 2.31 bits per heavy atom. The zero-order valence-electron chi connectivity index (χ0n) is 16.1. The first kappa shape index (κ1) is 20.4. The molecule has 0 aromatic heterocycles.